The van der Waals surface area contributed by atoms with Gasteiger partial charge in [-0.05, 0) is 12.8 Å². The van der Waals surface area contributed by atoms with Crippen LogP contribution in [0.4, 0.5) is 24.8 Å². The second-order valence-corrected chi connectivity index (χ2v) is 5.33. The van der Waals surface area contributed by atoms with E-state index in [4.69, 9.17) is 5.84 Å². The average molecular weight is 303 g/mol. The number of alkyl halides is 3. The molecule has 8 heteroatoms. The summed E-state index contributed by atoms with van der Waals surface area (Å²) in [6, 6.07) is 1.65. The van der Waals surface area contributed by atoms with Crippen molar-refractivity contribution in [3.63, 3.8) is 0 Å². The molecular weight excluding hydrogens is 283 g/mol. The fraction of sp³-hybridized carbons (Fsp3) is 0.692. The molecule has 0 radical (unpaired) electrons. The molecule has 1 aliphatic rings. The van der Waals surface area contributed by atoms with Crippen LogP contribution in [0.25, 0.3) is 0 Å². The molecule has 3 N–H and O–H groups in total. The molecule has 0 unspecified atom stereocenters. The van der Waals surface area contributed by atoms with Gasteiger partial charge in [0.1, 0.15) is 11.6 Å². The van der Waals surface area contributed by atoms with Crippen LogP contribution < -0.4 is 16.2 Å². The summed E-state index contributed by atoms with van der Waals surface area (Å²) in [4.78, 5) is 8.83. The molecule has 1 aromatic rings. The van der Waals surface area contributed by atoms with Crippen LogP contribution >= 0.6 is 0 Å². The number of aromatic nitrogens is 2. The van der Waals surface area contributed by atoms with Gasteiger partial charge in [-0.1, -0.05) is 25.7 Å². The van der Waals surface area contributed by atoms with E-state index in [0.29, 0.717) is 0 Å². The molecular formula is C13H20F3N5. The highest BCUT2D eigenvalue weighted by molar-refractivity contribution is 5.49. The maximum atomic E-state index is 12.8. The lowest BCUT2D eigenvalue weighted by molar-refractivity contribution is -0.144. The van der Waals surface area contributed by atoms with E-state index in [1.807, 2.05) is 4.90 Å². The molecule has 1 fully saturated rings. The van der Waals surface area contributed by atoms with Gasteiger partial charge in [0.2, 0.25) is 5.82 Å². The van der Waals surface area contributed by atoms with Crippen LogP contribution in [0, 0.1) is 0 Å². The van der Waals surface area contributed by atoms with E-state index in [1.54, 1.807) is 7.05 Å². The van der Waals surface area contributed by atoms with Gasteiger partial charge in [0.15, 0.2) is 0 Å². The quantitative estimate of drug-likeness (QED) is 0.510. The zero-order valence-electron chi connectivity index (χ0n) is 12.0. The van der Waals surface area contributed by atoms with Crippen molar-refractivity contribution in [2.24, 2.45) is 5.84 Å². The van der Waals surface area contributed by atoms with E-state index in [0.717, 1.165) is 25.7 Å². The van der Waals surface area contributed by atoms with Crippen LogP contribution in [0.1, 0.15) is 44.3 Å². The topological polar surface area (TPSA) is 67.1 Å². The second-order valence-electron chi connectivity index (χ2n) is 5.33. The van der Waals surface area contributed by atoms with E-state index < -0.39 is 12.0 Å². The van der Waals surface area contributed by atoms with Gasteiger partial charge in [0.05, 0.1) is 0 Å². The molecule has 5 nitrogen and oxygen atoms in total. The van der Waals surface area contributed by atoms with Crippen molar-refractivity contribution in [3.05, 3.63) is 11.9 Å². The van der Waals surface area contributed by atoms with Crippen LogP contribution in [0.15, 0.2) is 6.07 Å². The van der Waals surface area contributed by atoms with Gasteiger partial charge in [-0.2, -0.15) is 13.2 Å². The Bertz CT molecular complexity index is 469. The number of halogens is 3. The molecule has 1 heterocycles. The summed E-state index contributed by atoms with van der Waals surface area (Å²) < 4.78 is 38.5. The Balaban J connectivity index is 2.28. The third kappa shape index (κ3) is 3.96. The normalized spacial score (nSPS) is 17.4. The molecule has 0 atom stereocenters. The highest BCUT2D eigenvalue weighted by Crippen LogP contribution is 2.30. The third-order valence-electron chi connectivity index (χ3n) is 3.85. The first kappa shape index (κ1) is 15.8. The smallest absolute Gasteiger partial charge is 0.357 e. The average Bonchev–Trinajstić information content (AvgIpc) is 2.74. The van der Waals surface area contributed by atoms with E-state index in [2.05, 4.69) is 15.4 Å². The number of hydrogen-bond acceptors (Lipinski definition) is 5. The lowest BCUT2D eigenvalue weighted by atomic mass is 10.1. The minimum atomic E-state index is -4.59. The summed E-state index contributed by atoms with van der Waals surface area (Å²) in [7, 11) is 1.78. The number of nitrogens with two attached hydrogens (primary N) is 1. The molecule has 0 bridgehead atoms. The number of nitrogens with one attached hydrogen (secondary N) is 1. The molecule has 1 saturated carbocycles. The Morgan fingerprint density at radius 3 is 2.33 bits per heavy atom. The largest absolute Gasteiger partial charge is 0.451 e. The number of rotatable bonds is 3. The Kier molecular flexibility index (Phi) is 4.87. The number of nitrogen functional groups attached to an aromatic ring is 1. The molecule has 0 spiro atoms. The zero-order chi connectivity index (χ0) is 15.5. The lowest BCUT2D eigenvalue weighted by Gasteiger charge is -2.28. The fourth-order valence-corrected chi connectivity index (χ4v) is 2.65. The minimum absolute atomic E-state index is 0.0344. The van der Waals surface area contributed by atoms with Crippen LogP contribution in [0.3, 0.4) is 0 Å². The van der Waals surface area contributed by atoms with Crippen LogP contribution in [0.5, 0.6) is 0 Å². The van der Waals surface area contributed by atoms with Crippen LogP contribution in [0.2, 0.25) is 0 Å². The Hall–Kier alpha value is -1.57. The number of anilines is 2. The molecule has 2 rings (SSSR count). The highest BCUT2D eigenvalue weighted by atomic mass is 19.4. The van der Waals surface area contributed by atoms with Gasteiger partial charge >= 0.3 is 6.18 Å². The minimum Gasteiger partial charge on any atom is -0.357 e. The van der Waals surface area contributed by atoms with Gasteiger partial charge in [-0.15, -0.1) is 0 Å². The first-order valence-electron chi connectivity index (χ1n) is 7.07. The van der Waals surface area contributed by atoms with Crippen molar-refractivity contribution < 1.29 is 13.2 Å². The summed E-state index contributed by atoms with van der Waals surface area (Å²) in [5.74, 6) is 4.25. The molecule has 1 aromatic heterocycles. The van der Waals surface area contributed by atoms with E-state index in [-0.39, 0.29) is 17.7 Å². The van der Waals surface area contributed by atoms with E-state index in [1.165, 1.54) is 18.9 Å². The van der Waals surface area contributed by atoms with E-state index in [9.17, 15) is 13.2 Å². The molecule has 21 heavy (non-hydrogen) atoms. The molecule has 0 aromatic carbocycles. The Labute approximate surface area is 121 Å². The second kappa shape index (κ2) is 6.46. The van der Waals surface area contributed by atoms with E-state index >= 15 is 0 Å². The SMILES string of the molecule is CN(c1cc(NN)nc(C(F)(F)F)n1)C1CCCCCC1. The number of hydrogen-bond donors (Lipinski definition) is 2. The van der Waals surface area contributed by atoms with Crippen LogP contribution in [-0.4, -0.2) is 23.1 Å². The highest BCUT2D eigenvalue weighted by Gasteiger charge is 2.36. The van der Waals surface area contributed by atoms with Gasteiger partial charge in [-0.25, -0.2) is 15.8 Å². The summed E-state index contributed by atoms with van der Waals surface area (Å²) in [5, 5.41) is 0. The summed E-state index contributed by atoms with van der Waals surface area (Å²) in [6.07, 6.45) is 1.88. The summed E-state index contributed by atoms with van der Waals surface area (Å²) in [6.45, 7) is 0. The predicted octanol–water partition coefficient (Wildman–Crippen LogP) is 2.94. The maximum absolute atomic E-state index is 12.8. The monoisotopic (exact) mass is 303 g/mol. The van der Waals surface area contributed by atoms with Crippen molar-refractivity contribution >= 4 is 11.6 Å². The van der Waals surface area contributed by atoms with Gasteiger partial charge < -0.3 is 10.3 Å². The third-order valence-corrected chi connectivity index (χ3v) is 3.85. The molecule has 0 aliphatic heterocycles. The maximum Gasteiger partial charge on any atom is 0.451 e. The number of nitrogens with zero attached hydrogens (tertiary/aromatic N) is 3. The molecule has 118 valence electrons. The van der Waals surface area contributed by atoms with Crippen molar-refractivity contribution in [3.8, 4) is 0 Å². The van der Waals surface area contributed by atoms with Crippen molar-refractivity contribution in [1.29, 1.82) is 0 Å². The Morgan fingerprint density at radius 1 is 1.19 bits per heavy atom. The first-order chi connectivity index (χ1) is 9.91. The zero-order valence-corrected chi connectivity index (χ0v) is 12.0. The first-order valence-corrected chi connectivity index (χ1v) is 7.07. The van der Waals surface area contributed by atoms with Gasteiger partial charge in [0.25, 0.3) is 0 Å². The van der Waals surface area contributed by atoms with Crippen molar-refractivity contribution in [1.82, 2.24) is 9.97 Å². The van der Waals surface area contributed by atoms with Crippen molar-refractivity contribution in [2.75, 3.05) is 17.4 Å². The molecule has 1 aliphatic carbocycles. The summed E-state index contributed by atoms with van der Waals surface area (Å²) >= 11 is 0. The van der Waals surface area contributed by atoms with Crippen molar-refractivity contribution in [2.45, 2.75) is 50.7 Å². The fourth-order valence-electron chi connectivity index (χ4n) is 2.65. The Morgan fingerprint density at radius 2 is 1.81 bits per heavy atom. The standard InChI is InChI=1S/C13H20F3N5/c1-21(9-6-4-2-3-5-7-9)11-8-10(20-17)18-12(19-11)13(14,15)16/h8-9H,2-7,17H2,1H3,(H,18,19,20). The molecule has 0 saturated heterocycles. The van der Waals surface area contributed by atoms with Gasteiger partial charge in [0, 0.05) is 19.2 Å². The van der Waals surface area contributed by atoms with Crippen LogP contribution in [-0.2, 0) is 6.18 Å². The predicted molar refractivity (Wildman–Crippen MR) is 74.7 cm³/mol. The number of hydrazine groups is 1. The summed E-state index contributed by atoms with van der Waals surface area (Å²) in [5.41, 5.74) is 2.17. The molecule has 0 amide bonds. The van der Waals surface area contributed by atoms with Gasteiger partial charge in [-0.3, -0.25) is 0 Å². The lowest BCUT2D eigenvalue weighted by Crippen LogP contribution is -2.32.